The van der Waals surface area contributed by atoms with Crippen LogP contribution in [0.2, 0.25) is 0 Å². The van der Waals surface area contributed by atoms with Crippen molar-refractivity contribution in [1.29, 1.82) is 0 Å². The number of carbonyl (C=O) groups excluding carboxylic acids is 1. The van der Waals surface area contributed by atoms with E-state index in [2.05, 4.69) is 26.0 Å². The number of aromatic nitrogens is 3. The molecule has 1 rings (SSSR count). The van der Waals surface area contributed by atoms with Gasteiger partial charge in [-0.05, 0) is 15.9 Å². The van der Waals surface area contributed by atoms with Gasteiger partial charge in [0.15, 0.2) is 5.78 Å². The van der Waals surface area contributed by atoms with Gasteiger partial charge in [-0.25, -0.2) is 9.67 Å². The van der Waals surface area contributed by atoms with Crippen LogP contribution in [0.4, 0.5) is 4.39 Å². The van der Waals surface area contributed by atoms with Crippen LogP contribution in [-0.2, 0) is 8.70 Å². The summed E-state index contributed by atoms with van der Waals surface area (Å²) in [6.07, 6.45) is 2.53. The maximum Gasteiger partial charge on any atom is 0.250 e. The van der Waals surface area contributed by atoms with Crippen LogP contribution in [0.1, 0.15) is 13.8 Å². The first-order valence-corrected chi connectivity index (χ1v) is 5.33. The number of ketones is 1. The lowest BCUT2D eigenvalue weighted by Crippen LogP contribution is -2.41. The van der Waals surface area contributed by atoms with Crippen LogP contribution in [0.5, 0.6) is 0 Å². The molecule has 4 nitrogen and oxygen atoms in total. The molecule has 0 bridgehead atoms. The molecule has 0 saturated heterocycles. The Hall–Kier alpha value is -0.490. The lowest BCUT2D eigenvalue weighted by atomic mass is 9.89. The van der Waals surface area contributed by atoms with Gasteiger partial charge < -0.3 is 0 Å². The molecular weight excluding hydrogens is 288 g/mol. The summed E-state index contributed by atoms with van der Waals surface area (Å²) in [5, 5.41) is 3.74. The van der Waals surface area contributed by atoms with Crippen molar-refractivity contribution >= 4 is 33.3 Å². The summed E-state index contributed by atoms with van der Waals surface area (Å²) in [4.78, 5) is 15.6. The minimum absolute atomic E-state index is 0.510. The van der Waals surface area contributed by atoms with Crippen molar-refractivity contribution in [1.82, 2.24) is 14.8 Å². The number of hydrogen-bond donors (Lipinski definition) is 0. The molecule has 1 aromatic heterocycles. The standard InChI is InChI=1S/C8H10BrClFN3O/c1-7(2,3-11)6(15)8(9,10)14-5-12-4-13-14/h4-5H,3H2,1-2H3. The number of hydrogen-bond acceptors (Lipinski definition) is 3. The Morgan fingerprint density at radius 3 is 2.67 bits per heavy atom. The number of carbonyl (C=O) groups is 1. The van der Waals surface area contributed by atoms with E-state index in [9.17, 15) is 9.18 Å². The summed E-state index contributed by atoms with van der Waals surface area (Å²) in [5.74, 6) is -0.510. The van der Waals surface area contributed by atoms with Gasteiger partial charge in [-0.3, -0.25) is 9.18 Å². The van der Waals surface area contributed by atoms with Crippen LogP contribution in [0.15, 0.2) is 12.7 Å². The quantitative estimate of drug-likeness (QED) is 0.800. The normalized spacial score (nSPS) is 16.1. The third kappa shape index (κ3) is 2.36. The van der Waals surface area contributed by atoms with Gasteiger partial charge in [0.1, 0.15) is 19.3 Å². The van der Waals surface area contributed by atoms with Crippen LogP contribution < -0.4 is 0 Å². The Kier molecular flexibility index (Phi) is 3.50. The predicted octanol–water partition coefficient (Wildman–Crippen LogP) is 2.09. The molecule has 7 heteroatoms. The minimum atomic E-state index is -1.58. The molecule has 0 amide bonds. The van der Waals surface area contributed by atoms with Crippen LogP contribution in [0, 0.1) is 5.41 Å². The van der Waals surface area contributed by atoms with E-state index >= 15 is 0 Å². The highest BCUT2D eigenvalue weighted by atomic mass is 79.9. The van der Waals surface area contributed by atoms with Crippen molar-refractivity contribution in [2.45, 2.75) is 17.8 Å². The molecule has 0 spiro atoms. The van der Waals surface area contributed by atoms with Crippen molar-refractivity contribution in [3.05, 3.63) is 12.7 Å². The third-order valence-electron chi connectivity index (χ3n) is 1.93. The molecule has 0 fully saturated rings. The zero-order valence-electron chi connectivity index (χ0n) is 8.25. The summed E-state index contributed by atoms with van der Waals surface area (Å²) >= 11 is 9.00. The molecule has 1 unspecified atom stereocenters. The van der Waals surface area contributed by atoms with Gasteiger partial charge in [0.2, 0.25) is 0 Å². The van der Waals surface area contributed by atoms with E-state index in [0.29, 0.717) is 0 Å². The fraction of sp³-hybridized carbons (Fsp3) is 0.625. The van der Waals surface area contributed by atoms with Crippen molar-refractivity contribution in [2.75, 3.05) is 6.67 Å². The molecule has 84 valence electrons. The Morgan fingerprint density at radius 1 is 1.67 bits per heavy atom. The Balaban J connectivity index is 3.02. The van der Waals surface area contributed by atoms with Gasteiger partial charge in [0.25, 0.3) is 3.91 Å². The average Bonchev–Trinajstić information content (AvgIpc) is 2.69. The van der Waals surface area contributed by atoms with E-state index in [1.807, 2.05) is 0 Å². The van der Waals surface area contributed by atoms with Crippen molar-refractivity contribution in [3.8, 4) is 0 Å². The molecule has 1 aromatic rings. The number of rotatable bonds is 4. The van der Waals surface area contributed by atoms with Gasteiger partial charge in [-0.1, -0.05) is 25.4 Å². The topological polar surface area (TPSA) is 47.8 Å². The average molecular weight is 299 g/mol. The molecule has 0 radical (unpaired) electrons. The summed E-state index contributed by atoms with van der Waals surface area (Å²) in [7, 11) is 0. The van der Waals surface area contributed by atoms with Crippen molar-refractivity contribution in [2.24, 2.45) is 5.41 Å². The molecule has 1 heterocycles. The molecule has 1 atom stereocenters. The lowest BCUT2D eigenvalue weighted by Gasteiger charge is -2.27. The predicted molar refractivity (Wildman–Crippen MR) is 57.5 cm³/mol. The van der Waals surface area contributed by atoms with Gasteiger partial charge in [0, 0.05) is 0 Å². The van der Waals surface area contributed by atoms with Crippen LogP contribution in [-0.4, -0.2) is 27.2 Å². The first kappa shape index (κ1) is 12.6. The second kappa shape index (κ2) is 4.17. The summed E-state index contributed by atoms with van der Waals surface area (Å²) < 4.78 is 12.2. The van der Waals surface area contributed by atoms with Crippen LogP contribution >= 0.6 is 27.5 Å². The summed E-state index contributed by atoms with van der Waals surface area (Å²) in [5.41, 5.74) is -1.17. The lowest BCUT2D eigenvalue weighted by molar-refractivity contribution is -0.130. The van der Waals surface area contributed by atoms with E-state index in [1.54, 1.807) is 0 Å². The highest BCUT2D eigenvalue weighted by molar-refractivity contribution is 9.10. The van der Waals surface area contributed by atoms with Crippen molar-refractivity contribution in [3.63, 3.8) is 0 Å². The second-order valence-electron chi connectivity index (χ2n) is 3.73. The van der Waals surface area contributed by atoms with Gasteiger partial charge in [0.05, 0.1) is 5.41 Å². The first-order chi connectivity index (χ1) is 6.82. The van der Waals surface area contributed by atoms with Crippen molar-refractivity contribution < 1.29 is 9.18 Å². The zero-order valence-corrected chi connectivity index (χ0v) is 10.6. The van der Waals surface area contributed by atoms with Crippen LogP contribution in [0.25, 0.3) is 0 Å². The summed E-state index contributed by atoms with van der Waals surface area (Å²) in [6, 6.07) is 0. The maximum absolute atomic E-state index is 12.6. The minimum Gasteiger partial charge on any atom is -0.294 e. The molecule has 0 aliphatic heterocycles. The largest absolute Gasteiger partial charge is 0.294 e. The fourth-order valence-electron chi connectivity index (χ4n) is 0.925. The van der Waals surface area contributed by atoms with Gasteiger partial charge in [-0.2, -0.15) is 5.10 Å². The fourth-order valence-corrected chi connectivity index (χ4v) is 1.99. The first-order valence-electron chi connectivity index (χ1n) is 4.16. The van der Waals surface area contributed by atoms with E-state index in [1.165, 1.54) is 26.5 Å². The van der Waals surface area contributed by atoms with E-state index < -0.39 is 21.8 Å². The highest BCUT2D eigenvalue weighted by Gasteiger charge is 2.45. The molecule has 0 aliphatic carbocycles. The van der Waals surface area contributed by atoms with E-state index in [4.69, 9.17) is 11.6 Å². The van der Waals surface area contributed by atoms with Crippen LogP contribution in [0.3, 0.4) is 0 Å². The number of alkyl halides is 3. The SMILES string of the molecule is CC(C)(CF)C(=O)C(Cl)(Br)n1cncn1. The molecule has 0 aliphatic rings. The molecule has 0 N–H and O–H groups in total. The maximum atomic E-state index is 12.6. The molecule has 15 heavy (non-hydrogen) atoms. The summed E-state index contributed by atoms with van der Waals surface area (Å²) in [6.45, 7) is 2.16. The smallest absolute Gasteiger partial charge is 0.250 e. The Bertz CT molecular complexity index is 353. The number of halogens is 3. The van der Waals surface area contributed by atoms with Gasteiger partial charge in [-0.15, -0.1) is 0 Å². The molecular formula is C8H10BrClFN3O. The Labute approximate surface area is 99.9 Å². The number of Topliss-reactive ketones (excluding diaryl/α,β-unsaturated/α-hetero) is 1. The highest BCUT2D eigenvalue weighted by Crippen LogP contribution is 2.37. The van der Waals surface area contributed by atoms with E-state index in [0.717, 1.165) is 4.68 Å². The van der Waals surface area contributed by atoms with E-state index in [-0.39, 0.29) is 0 Å². The Morgan fingerprint density at radius 2 is 2.27 bits per heavy atom. The third-order valence-corrected chi connectivity index (χ3v) is 3.00. The molecule has 0 saturated carbocycles. The monoisotopic (exact) mass is 297 g/mol. The number of nitrogens with zero attached hydrogens (tertiary/aromatic N) is 3. The molecule has 0 aromatic carbocycles. The second-order valence-corrected chi connectivity index (χ2v) is 5.88. The zero-order chi connectivity index (χ0) is 11.7. The van der Waals surface area contributed by atoms with Gasteiger partial charge >= 0.3 is 0 Å².